The SMILES string of the molecule is O=C(O)c1cnn(Cc2cnn(-c3ccccc3)c2)c1. The zero-order valence-electron chi connectivity index (χ0n) is 10.5. The summed E-state index contributed by atoms with van der Waals surface area (Å²) in [6, 6.07) is 9.78. The van der Waals surface area contributed by atoms with Crippen LogP contribution in [0.3, 0.4) is 0 Å². The number of benzene rings is 1. The lowest BCUT2D eigenvalue weighted by Gasteiger charge is -1.99. The molecule has 6 nitrogen and oxygen atoms in total. The molecule has 0 bridgehead atoms. The van der Waals surface area contributed by atoms with Gasteiger partial charge in [0.05, 0.1) is 30.2 Å². The Morgan fingerprint density at radius 3 is 2.60 bits per heavy atom. The van der Waals surface area contributed by atoms with Gasteiger partial charge in [-0.15, -0.1) is 0 Å². The highest BCUT2D eigenvalue weighted by molar-refractivity contribution is 5.86. The van der Waals surface area contributed by atoms with E-state index in [1.165, 1.54) is 12.4 Å². The van der Waals surface area contributed by atoms with Gasteiger partial charge in [-0.2, -0.15) is 10.2 Å². The van der Waals surface area contributed by atoms with E-state index >= 15 is 0 Å². The molecule has 1 aromatic carbocycles. The summed E-state index contributed by atoms with van der Waals surface area (Å²) in [6.07, 6.45) is 6.48. The Kier molecular flexibility index (Phi) is 3.04. The number of hydrogen-bond donors (Lipinski definition) is 1. The van der Waals surface area contributed by atoms with Gasteiger partial charge in [0, 0.05) is 18.0 Å². The summed E-state index contributed by atoms with van der Waals surface area (Å²) in [5.74, 6) is -0.976. The van der Waals surface area contributed by atoms with Crippen LogP contribution in [0, 0.1) is 0 Å². The predicted molar refractivity (Wildman–Crippen MR) is 71.9 cm³/mol. The zero-order chi connectivity index (χ0) is 13.9. The van der Waals surface area contributed by atoms with Crippen LogP contribution >= 0.6 is 0 Å². The van der Waals surface area contributed by atoms with Crippen LogP contribution in [0.1, 0.15) is 15.9 Å². The number of carboxylic acid groups (broad SMARTS) is 1. The van der Waals surface area contributed by atoms with Gasteiger partial charge in [-0.3, -0.25) is 4.68 Å². The highest BCUT2D eigenvalue weighted by atomic mass is 16.4. The van der Waals surface area contributed by atoms with Gasteiger partial charge >= 0.3 is 5.97 Å². The van der Waals surface area contributed by atoms with Crippen LogP contribution < -0.4 is 0 Å². The first-order valence-corrected chi connectivity index (χ1v) is 6.07. The normalized spacial score (nSPS) is 10.6. The molecule has 0 unspecified atom stereocenters. The summed E-state index contributed by atoms with van der Waals surface area (Å²) < 4.78 is 3.35. The molecule has 0 aliphatic heterocycles. The van der Waals surface area contributed by atoms with Crippen LogP contribution in [0.2, 0.25) is 0 Å². The number of aromatic nitrogens is 4. The first-order valence-electron chi connectivity index (χ1n) is 6.07. The maximum absolute atomic E-state index is 10.8. The van der Waals surface area contributed by atoms with Crippen molar-refractivity contribution in [1.29, 1.82) is 0 Å². The molecule has 0 amide bonds. The van der Waals surface area contributed by atoms with Gasteiger partial charge < -0.3 is 5.11 Å². The Labute approximate surface area is 114 Å². The van der Waals surface area contributed by atoms with E-state index in [0.717, 1.165) is 11.3 Å². The van der Waals surface area contributed by atoms with Crippen molar-refractivity contribution in [3.8, 4) is 5.69 Å². The van der Waals surface area contributed by atoms with Crippen LogP contribution in [-0.2, 0) is 6.54 Å². The molecule has 0 fully saturated rings. The van der Waals surface area contributed by atoms with Gasteiger partial charge in [-0.25, -0.2) is 9.48 Å². The van der Waals surface area contributed by atoms with Crippen molar-refractivity contribution >= 4 is 5.97 Å². The second-order valence-corrected chi connectivity index (χ2v) is 4.36. The van der Waals surface area contributed by atoms with Crippen molar-refractivity contribution in [1.82, 2.24) is 19.6 Å². The minimum atomic E-state index is -0.976. The third-order valence-electron chi connectivity index (χ3n) is 2.88. The minimum absolute atomic E-state index is 0.181. The van der Waals surface area contributed by atoms with Crippen molar-refractivity contribution in [3.63, 3.8) is 0 Å². The van der Waals surface area contributed by atoms with Gasteiger partial charge in [0.1, 0.15) is 0 Å². The molecule has 3 aromatic rings. The molecule has 0 atom stereocenters. The first kappa shape index (κ1) is 12.2. The summed E-state index contributed by atoms with van der Waals surface area (Å²) in [4.78, 5) is 10.8. The summed E-state index contributed by atoms with van der Waals surface area (Å²) in [5, 5.41) is 17.1. The van der Waals surface area contributed by atoms with E-state index in [2.05, 4.69) is 10.2 Å². The number of carbonyl (C=O) groups is 1. The van der Waals surface area contributed by atoms with Gasteiger partial charge in [0.2, 0.25) is 0 Å². The van der Waals surface area contributed by atoms with E-state index in [-0.39, 0.29) is 5.56 Å². The number of aromatic carboxylic acids is 1. The first-order chi connectivity index (χ1) is 9.72. The maximum Gasteiger partial charge on any atom is 0.338 e. The maximum atomic E-state index is 10.8. The molecular weight excluding hydrogens is 256 g/mol. The molecule has 20 heavy (non-hydrogen) atoms. The smallest absolute Gasteiger partial charge is 0.338 e. The monoisotopic (exact) mass is 268 g/mol. The van der Waals surface area contributed by atoms with Crippen molar-refractivity contribution in [2.75, 3.05) is 0 Å². The molecule has 2 aromatic heterocycles. The van der Waals surface area contributed by atoms with E-state index in [1.807, 2.05) is 36.5 Å². The molecule has 0 aliphatic rings. The standard InChI is InChI=1S/C14H12N4O2/c19-14(20)12-7-15-17(10-12)8-11-6-16-18(9-11)13-4-2-1-3-5-13/h1-7,9-10H,8H2,(H,19,20). The van der Waals surface area contributed by atoms with Crippen molar-refractivity contribution in [3.05, 3.63) is 66.2 Å². The Balaban J connectivity index is 1.78. The fourth-order valence-electron chi connectivity index (χ4n) is 1.91. The third kappa shape index (κ3) is 2.44. The molecule has 0 aliphatic carbocycles. The lowest BCUT2D eigenvalue weighted by Crippen LogP contribution is -1.99. The number of nitrogens with zero attached hydrogens (tertiary/aromatic N) is 4. The summed E-state index contributed by atoms with van der Waals surface area (Å²) in [5.41, 5.74) is 2.11. The molecule has 3 rings (SSSR count). The number of hydrogen-bond acceptors (Lipinski definition) is 3. The Hall–Kier alpha value is -2.89. The number of carboxylic acids is 1. The third-order valence-corrected chi connectivity index (χ3v) is 2.88. The Bertz CT molecular complexity index is 730. The van der Waals surface area contributed by atoms with E-state index in [4.69, 9.17) is 5.11 Å². The Morgan fingerprint density at radius 1 is 1.10 bits per heavy atom. The zero-order valence-corrected chi connectivity index (χ0v) is 10.5. The predicted octanol–water partition coefficient (Wildman–Crippen LogP) is 1.82. The summed E-state index contributed by atoms with van der Waals surface area (Å²) in [7, 11) is 0. The number of para-hydroxylation sites is 1. The van der Waals surface area contributed by atoms with E-state index in [1.54, 1.807) is 15.6 Å². The van der Waals surface area contributed by atoms with Gasteiger partial charge in [0.15, 0.2) is 0 Å². The van der Waals surface area contributed by atoms with Crippen LogP contribution in [0.25, 0.3) is 5.69 Å². The van der Waals surface area contributed by atoms with Crippen LogP contribution in [0.4, 0.5) is 0 Å². The van der Waals surface area contributed by atoms with Crippen LogP contribution in [-0.4, -0.2) is 30.6 Å². The van der Waals surface area contributed by atoms with E-state index in [9.17, 15) is 4.79 Å². The highest BCUT2D eigenvalue weighted by Gasteiger charge is 2.07. The summed E-state index contributed by atoms with van der Waals surface area (Å²) >= 11 is 0. The highest BCUT2D eigenvalue weighted by Crippen LogP contribution is 2.09. The number of rotatable bonds is 4. The fraction of sp³-hybridized carbons (Fsp3) is 0.0714. The van der Waals surface area contributed by atoms with E-state index in [0.29, 0.717) is 6.54 Å². The van der Waals surface area contributed by atoms with Crippen molar-refractivity contribution < 1.29 is 9.90 Å². The topological polar surface area (TPSA) is 72.9 Å². The van der Waals surface area contributed by atoms with Gasteiger partial charge in [0.25, 0.3) is 0 Å². The van der Waals surface area contributed by atoms with E-state index < -0.39 is 5.97 Å². The molecule has 0 radical (unpaired) electrons. The van der Waals surface area contributed by atoms with Gasteiger partial charge in [-0.1, -0.05) is 18.2 Å². The Morgan fingerprint density at radius 2 is 1.90 bits per heavy atom. The lowest BCUT2D eigenvalue weighted by molar-refractivity contribution is 0.0697. The second kappa shape index (κ2) is 5.00. The largest absolute Gasteiger partial charge is 0.478 e. The molecule has 1 N–H and O–H groups in total. The van der Waals surface area contributed by atoms with Crippen molar-refractivity contribution in [2.45, 2.75) is 6.54 Å². The van der Waals surface area contributed by atoms with Gasteiger partial charge in [-0.05, 0) is 12.1 Å². The van der Waals surface area contributed by atoms with Crippen molar-refractivity contribution in [2.24, 2.45) is 0 Å². The minimum Gasteiger partial charge on any atom is -0.478 e. The lowest BCUT2D eigenvalue weighted by atomic mass is 10.3. The summed E-state index contributed by atoms with van der Waals surface area (Å²) in [6.45, 7) is 0.486. The molecule has 2 heterocycles. The van der Waals surface area contributed by atoms with Crippen LogP contribution in [0.15, 0.2) is 55.1 Å². The van der Waals surface area contributed by atoms with Crippen LogP contribution in [0.5, 0.6) is 0 Å². The quantitative estimate of drug-likeness (QED) is 0.783. The molecule has 100 valence electrons. The molecule has 0 saturated carbocycles. The molecular formula is C14H12N4O2. The average molecular weight is 268 g/mol. The second-order valence-electron chi connectivity index (χ2n) is 4.36. The average Bonchev–Trinajstić information content (AvgIpc) is 3.10. The fourth-order valence-corrected chi connectivity index (χ4v) is 1.91. The molecule has 0 saturated heterocycles. The molecule has 6 heteroatoms. The molecule has 0 spiro atoms.